The molecule has 1 N–H and O–H groups in total. The van der Waals surface area contributed by atoms with Crippen LogP contribution in [0, 0.1) is 11.6 Å². The van der Waals surface area contributed by atoms with Crippen molar-refractivity contribution in [2.24, 2.45) is 0 Å². The predicted molar refractivity (Wildman–Crippen MR) is 65.9 cm³/mol. The molecule has 0 fully saturated rings. The van der Waals surface area contributed by atoms with Crippen molar-refractivity contribution in [3.63, 3.8) is 0 Å². The van der Waals surface area contributed by atoms with Gasteiger partial charge in [0, 0.05) is 12.7 Å². The second kappa shape index (κ2) is 5.46. The zero-order valence-electron chi connectivity index (χ0n) is 9.75. The third-order valence-corrected chi connectivity index (χ3v) is 2.63. The molecule has 0 unspecified atom stereocenters. The van der Waals surface area contributed by atoms with E-state index in [1.807, 2.05) is 6.92 Å². The Balaban J connectivity index is 2.38. The number of rotatable bonds is 4. The summed E-state index contributed by atoms with van der Waals surface area (Å²) >= 11 is 5.68. The van der Waals surface area contributed by atoms with Crippen LogP contribution in [0.25, 0.3) is 5.69 Å². The molecule has 0 radical (unpaired) electrons. The van der Waals surface area contributed by atoms with E-state index in [-0.39, 0.29) is 5.69 Å². The van der Waals surface area contributed by atoms with Crippen LogP contribution in [0.2, 0.25) is 5.02 Å². The molecular formula is C12H12ClF2N3. The molecule has 2 aromatic rings. The Labute approximate surface area is 108 Å². The monoisotopic (exact) mass is 271 g/mol. The van der Waals surface area contributed by atoms with Gasteiger partial charge in [0.2, 0.25) is 0 Å². The molecule has 2 rings (SSSR count). The van der Waals surface area contributed by atoms with Gasteiger partial charge in [-0.3, -0.25) is 0 Å². The van der Waals surface area contributed by atoms with Crippen molar-refractivity contribution in [3.8, 4) is 5.69 Å². The van der Waals surface area contributed by atoms with Gasteiger partial charge in [0.15, 0.2) is 11.6 Å². The Kier molecular flexibility index (Phi) is 3.93. The highest BCUT2D eigenvalue weighted by molar-refractivity contribution is 6.30. The molecule has 0 spiro atoms. The van der Waals surface area contributed by atoms with Crippen LogP contribution in [0.4, 0.5) is 8.78 Å². The molecule has 1 heterocycles. The number of hydrogen-bond acceptors (Lipinski definition) is 2. The highest BCUT2D eigenvalue weighted by atomic mass is 35.5. The lowest BCUT2D eigenvalue weighted by Gasteiger charge is -2.08. The molecule has 96 valence electrons. The zero-order valence-corrected chi connectivity index (χ0v) is 10.5. The molecule has 3 nitrogen and oxygen atoms in total. The summed E-state index contributed by atoms with van der Waals surface area (Å²) in [5.41, 5.74) is 0.330. The van der Waals surface area contributed by atoms with Crippen molar-refractivity contribution in [2.45, 2.75) is 13.5 Å². The average Bonchev–Trinajstić information content (AvgIpc) is 2.72. The molecule has 0 saturated carbocycles. The molecule has 0 aliphatic carbocycles. The average molecular weight is 272 g/mol. The van der Waals surface area contributed by atoms with Gasteiger partial charge in [0.1, 0.15) is 5.69 Å². The Bertz CT molecular complexity index is 531. The van der Waals surface area contributed by atoms with Gasteiger partial charge in [0.25, 0.3) is 0 Å². The second-order valence-corrected chi connectivity index (χ2v) is 4.23. The summed E-state index contributed by atoms with van der Waals surface area (Å²) < 4.78 is 28.8. The zero-order chi connectivity index (χ0) is 13.1. The van der Waals surface area contributed by atoms with Crippen LogP contribution in [-0.4, -0.2) is 16.3 Å². The maximum absolute atomic E-state index is 13.9. The summed E-state index contributed by atoms with van der Waals surface area (Å²) in [6.07, 6.45) is 2.68. The fourth-order valence-corrected chi connectivity index (χ4v) is 1.77. The van der Waals surface area contributed by atoms with Gasteiger partial charge in [-0.2, -0.15) is 5.10 Å². The maximum Gasteiger partial charge on any atom is 0.152 e. The highest BCUT2D eigenvalue weighted by Gasteiger charge is 2.14. The lowest BCUT2D eigenvalue weighted by Crippen LogP contribution is -2.13. The molecule has 18 heavy (non-hydrogen) atoms. The standard InChI is InChI=1S/C12H12ClF2N3/c1-2-16-5-8-3-10(14)12(11(15)4-8)18-7-9(13)6-17-18/h3-4,6-7,16H,2,5H2,1H3. The minimum atomic E-state index is -0.664. The van der Waals surface area contributed by atoms with Crippen molar-refractivity contribution in [1.29, 1.82) is 0 Å². The first kappa shape index (κ1) is 13.0. The van der Waals surface area contributed by atoms with Crippen LogP contribution < -0.4 is 5.32 Å². The summed E-state index contributed by atoms with van der Waals surface area (Å²) in [4.78, 5) is 0. The van der Waals surface area contributed by atoms with Crippen LogP contribution in [0.5, 0.6) is 0 Å². The molecule has 6 heteroatoms. The molecule has 1 aromatic carbocycles. The summed E-state index contributed by atoms with van der Waals surface area (Å²) in [5.74, 6) is -1.33. The van der Waals surface area contributed by atoms with E-state index in [0.717, 1.165) is 11.2 Å². The lowest BCUT2D eigenvalue weighted by molar-refractivity contribution is 0.554. The van der Waals surface area contributed by atoms with Crippen LogP contribution in [-0.2, 0) is 6.54 Å². The van der Waals surface area contributed by atoms with Gasteiger partial charge in [-0.15, -0.1) is 0 Å². The molecule has 1 aromatic heterocycles. The van der Waals surface area contributed by atoms with Crippen LogP contribution in [0.15, 0.2) is 24.5 Å². The van der Waals surface area contributed by atoms with Crippen LogP contribution >= 0.6 is 11.6 Å². The normalized spacial score (nSPS) is 10.9. The Morgan fingerprint density at radius 3 is 2.50 bits per heavy atom. The van der Waals surface area contributed by atoms with E-state index < -0.39 is 11.6 Å². The summed E-state index contributed by atoms with van der Waals surface area (Å²) in [6.45, 7) is 3.08. The van der Waals surface area contributed by atoms with Gasteiger partial charge < -0.3 is 5.32 Å². The Morgan fingerprint density at radius 1 is 1.33 bits per heavy atom. The number of halogens is 3. The number of nitrogens with zero attached hydrogens (tertiary/aromatic N) is 2. The molecular weight excluding hydrogens is 260 g/mol. The highest BCUT2D eigenvalue weighted by Crippen LogP contribution is 2.20. The van der Waals surface area contributed by atoms with Gasteiger partial charge in [-0.05, 0) is 24.2 Å². The van der Waals surface area contributed by atoms with E-state index in [0.29, 0.717) is 17.1 Å². The molecule has 0 atom stereocenters. The van der Waals surface area contributed by atoms with Crippen molar-refractivity contribution in [3.05, 3.63) is 46.7 Å². The van der Waals surface area contributed by atoms with Gasteiger partial charge in [0.05, 0.1) is 11.2 Å². The minimum absolute atomic E-state index is 0.220. The van der Waals surface area contributed by atoms with E-state index in [2.05, 4.69) is 10.4 Å². The number of aromatic nitrogens is 2. The first-order valence-corrected chi connectivity index (χ1v) is 5.88. The third kappa shape index (κ3) is 2.68. The first-order valence-electron chi connectivity index (χ1n) is 5.51. The fraction of sp³-hybridized carbons (Fsp3) is 0.250. The second-order valence-electron chi connectivity index (χ2n) is 3.79. The molecule has 0 aliphatic heterocycles. The van der Waals surface area contributed by atoms with Crippen molar-refractivity contribution >= 4 is 11.6 Å². The molecule has 0 amide bonds. The van der Waals surface area contributed by atoms with Crippen LogP contribution in [0.1, 0.15) is 12.5 Å². The van der Waals surface area contributed by atoms with Crippen LogP contribution in [0.3, 0.4) is 0 Å². The predicted octanol–water partition coefficient (Wildman–Crippen LogP) is 2.91. The van der Waals surface area contributed by atoms with Gasteiger partial charge in [-0.25, -0.2) is 13.5 Å². The van der Waals surface area contributed by atoms with Crippen molar-refractivity contribution in [2.75, 3.05) is 6.54 Å². The molecule has 0 aliphatic rings. The van der Waals surface area contributed by atoms with E-state index in [1.165, 1.54) is 24.5 Å². The summed E-state index contributed by atoms with van der Waals surface area (Å²) in [6, 6.07) is 2.58. The Morgan fingerprint density at radius 2 is 2.00 bits per heavy atom. The summed E-state index contributed by atoms with van der Waals surface area (Å²) in [7, 11) is 0. The fourth-order valence-electron chi connectivity index (χ4n) is 1.63. The summed E-state index contributed by atoms with van der Waals surface area (Å²) in [5, 5.41) is 7.12. The number of benzene rings is 1. The van der Waals surface area contributed by atoms with E-state index in [9.17, 15) is 8.78 Å². The smallest absolute Gasteiger partial charge is 0.152 e. The molecule has 0 bridgehead atoms. The number of hydrogen-bond donors (Lipinski definition) is 1. The Hall–Kier alpha value is -1.46. The largest absolute Gasteiger partial charge is 0.313 e. The quantitative estimate of drug-likeness (QED) is 0.927. The van der Waals surface area contributed by atoms with E-state index in [4.69, 9.17) is 11.6 Å². The van der Waals surface area contributed by atoms with Crippen molar-refractivity contribution in [1.82, 2.24) is 15.1 Å². The third-order valence-electron chi connectivity index (χ3n) is 2.44. The van der Waals surface area contributed by atoms with Crippen molar-refractivity contribution < 1.29 is 8.78 Å². The van der Waals surface area contributed by atoms with E-state index >= 15 is 0 Å². The van der Waals surface area contributed by atoms with E-state index in [1.54, 1.807) is 0 Å². The van der Waals surface area contributed by atoms with Gasteiger partial charge in [-0.1, -0.05) is 18.5 Å². The lowest BCUT2D eigenvalue weighted by atomic mass is 10.2. The minimum Gasteiger partial charge on any atom is -0.313 e. The topological polar surface area (TPSA) is 29.9 Å². The first-order chi connectivity index (χ1) is 8.61. The van der Waals surface area contributed by atoms with Gasteiger partial charge >= 0.3 is 0 Å². The molecule has 0 saturated heterocycles. The SMILES string of the molecule is CCNCc1cc(F)c(-n2cc(Cl)cn2)c(F)c1. The maximum atomic E-state index is 13.9. The number of nitrogens with one attached hydrogen (secondary N) is 1.